The summed E-state index contributed by atoms with van der Waals surface area (Å²) in [4.78, 5) is 1.28. The van der Waals surface area contributed by atoms with E-state index in [2.05, 4.69) is 69.1 Å². The van der Waals surface area contributed by atoms with E-state index in [9.17, 15) is 0 Å². The van der Waals surface area contributed by atoms with Crippen molar-refractivity contribution in [2.75, 3.05) is 12.3 Å². The van der Waals surface area contributed by atoms with Gasteiger partial charge in [0.15, 0.2) is 0 Å². The molecule has 0 radical (unpaired) electrons. The lowest BCUT2D eigenvalue weighted by Crippen LogP contribution is -2.26. The van der Waals surface area contributed by atoms with Crippen LogP contribution in [0.15, 0.2) is 45.9 Å². The van der Waals surface area contributed by atoms with Crippen LogP contribution in [0.3, 0.4) is 0 Å². The molecule has 0 aliphatic heterocycles. The number of halogens is 1. The highest BCUT2D eigenvalue weighted by Crippen LogP contribution is 2.30. The van der Waals surface area contributed by atoms with Gasteiger partial charge in [0.05, 0.1) is 11.7 Å². The second kappa shape index (κ2) is 8.61. The first kappa shape index (κ1) is 16.6. The van der Waals surface area contributed by atoms with Gasteiger partial charge in [0.2, 0.25) is 0 Å². The molecule has 0 amide bonds. The van der Waals surface area contributed by atoms with Gasteiger partial charge in [0.25, 0.3) is 0 Å². The van der Waals surface area contributed by atoms with Crippen LogP contribution in [-0.4, -0.2) is 22.1 Å². The number of nitrogens with one attached hydrogen (secondary N) is 1. The number of hydrogen-bond donors (Lipinski definition) is 1. The summed E-state index contributed by atoms with van der Waals surface area (Å²) in [6, 6.07) is 10.8. The van der Waals surface area contributed by atoms with Crippen molar-refractivity contribution in [2.24, 2.45) is 0 Å². The number of hydrogen-bond acceptors (Lipinski definition) is 3. The smallest absolute Gasteiger partial charge is 0.0587 e. The van der Waals surface area contributed by atoms with Crippen LogP contribution < -0.4 is 5.32 Å². The fourth-order valence-electron chi connectivity index (χ4n) is 2.21. The molecule has 0 bridgehead atoms. The van der Waals surface area contributed by atoms with E-state index in [0.29, 0.717) is 6.04 Å². The molecular formula is C16H22BrN3S. The van der Waals surface area contributed by atoms with Gasteiger partial charge in [-0.2, -0.15) is 5.10 Å². The lowest BCUT2D eigenvalue weighted by Gasteiger charge is -2.19. The minimum absolute atomic E-state index is 0.324. The molecule has 1 heterocycles. The maximum absolute atomic E-state index is 4.39. The summed E-state index contributed by atoms with van der Waals surface area (Å²) in [7, 11) is 0. The Kier molecular flexibility index (Phi) is 6.80. The van der Waals surface area contributed by atoms with Crippen LogP contribution in [0.25, 0.3) is 0 Å². The number of aromatic nitrogens is 2. The highest BCUT2D eigenvalue weighted by molar-refractivity contribution is 9.10. The molecule has 2 aromatic rings. The second-order valence-electron chi connectivity index (χ2n) is 4.82. The Bertz CT molecular complexity index is 556. The minimum atomic E-state index is 0.324. The summed E-state index contributed by atoms with van der Waals surface area (Å²) in [5.41, 5.74) is 1.27. The molecule has 0 saturated heterocycles. The molecule has 21 heavy (non-hydrogen) atoms. The number of benzene rings is 1. The first-order valence-electron chi connectivity index (χ1n) is 7.38. The minimum Gasteiger partial charge on any atom is -0.308 e. The van der Waals surface area contributed by atoms with Crippen molar-refractivity contribution >= 4 is 27.7 Å². The Morgan fingerprint density at radius 2 is 2.10 bits per heavy atom. The normalized spacial score (nSPS) is 12.5. The summed E-state index contributed by atoms with van der Waals surface area (Å²) < 4.78 is 3.24. The quantitative estimate of drug-likeness (QED) is 0.696. The number of rotatable bonds is 8. The van der Waals surface area contributed by atoms with E-state index in [4.69, 9.17) is 0 Å². The fourth-order valence-corrected chi connectivity index (χ4v) is 3.85. The van der Waals surface area contributed by atoms with Crippen LogP contribution in [0.2, 0.25) is 0 Å². The van der Waals surface area contributed by atoms with Crippen molar-refractivity contribution in [1.82, 2.24) is 15.1 Å². The highest BCUT2D eigenvalue weighted by atomic mass is 79.9. The van der Waals surface area contributed by atoms with Gasteiger partial charge < -0.3 is 5.32 Å². The van der Waals surface area contributed by atoms with Crippen LogP contribution in [-0.2, 0) is 6.54 Å². The van der Waals surface area contributed by atoms with E-state index in [1.54, 1.807) is 0 Å². The molecule has 1 atom stereocenters. The van der Waals surface area contributed by atoms with E-state index >= 15 is 0 Å². The second-order valence-corrected chi connectivity index (χ2v) is 6.74. The zero-order valence-electron chi connectivity index (χ0n) is 12.6. The molecule has 2 rings (SSSR count). The molecule has 1 N–H and O–H groups in total. The third-order valence-electron chi connectivity index (χ3n) is 3.29. The number of thioether (sulfide) groups is 1. The molecule has 0 saturated carbocycles. The van der Waals surface area contributed by atoms with Crippen molar-refractivity contribution in [3.63, 3.8) is 0 Å². The zero-order chi connectivity index (χ0) is 15.1. The van der Waals surface area contributed by atoms with Gasteiger partial charge in [-0.25, -0.2) is 0 Å². The van der Waals surface area contributed by atoms with Gasteiger partial charge in [-0.05, 0) is 54.0 Å². The first-order chi connectivity index (χ1) is 10.3. The van der Waals surface area contributed by atoms with Crippen molar-refractivity contribution in [1.29, 1.82) is 0 Å². The van der Waals surface area contributed by atoms with Gasteiger partial charge in [-0.15, -0.1) is 11.8 Å². The van der Waals surface area contributed by atoms with Crippen molar-refractivity contribution in [2.45, 2.75) is 37.8 Å². The third kappa shape index (κ3) is 4.59. The van der Waals surface area contributed by atoms with Crippen LogP contribution in [0.5, 0.6) is 0 Å². The Morgan fingerprint density at radius 1 is 1.29 bits per heavy atom. The average Bonchev–Trinajstić information content (AvgIpc) is 2.97. The maximum atomic E-state index is 4.39. The van der Waals surface area contributed by atoms with Crippen LogP contribution >= 0.6 is 27.7 Å². The summed E-state index contributed by atoms with van der Waals surface area (Å²) in [5, 5.41) is 8.03. The van der Waals surface area contributed by atoms with Crippen molar-refractivity contribution in [3.05, 3.63) is 46.7 Å². The van der Waals surface area contributed by atoms with Gasteiger partial charge >= 0.3 is 0 Å². The molecular weight excluding hydrogens is 346 g/mol. The summed E-state index contributed by atoms with van der Waals surface area (Å²) >= 11 is 5.49. The summed E-state index contributed by atoms with van der Waals surface area (Å²) in [6.45, 7) is 6.26. The van der Waals surface area contributed by atoms with E-state index in [-0.39, 0.29) is 0 Å². The van der Waals surface area contributed by atoms with Gasteiger partial charge in [0.1, 0.15) is 0 Å². The molecule has 0 aliphatic carbocycles. The number of nitrogens with zero attached hydrogens (tertiary/aromatic N) is 2. The van der Waals surface area contributed by atoms with E-state index in [1.165, 1.54) is 10.6 Å². The standard InChI is InChI=1S/C16H22BrN3S/c1-3-10-18-14(15-9-11-19-20(15)4-2)12-21-16-8-6-5-7-13(16)17/h5-9,11,14,18H,3-4,10,12H2,1-2H3. The SMILES string of the molecule is CCCNC(CSc1ccccc1Br)c1ccnn1CC. The molecule has 0 spiro atoms. The predicted molar refractivity (Wildman–Crippen MR) is 93.8 cm³/mol. The number of aryl methyl sites for hydroxylation is 1. The van der Waals surface area contributed by atoms with Crippen LogP contribution in [0.4, 0.5) is 0 Å². The molecule has 1 aromatic carbocycles. The lowest BCUT2D eigenvalue weighted by atomic mass is 10.2. The molecule has 0 aliphatic rings. The summed E-state index contributed by atoms with van der Waals surface area (Å²) in [5.74, 6) is 0.994. The average molecular weight is 368 g/mol. The molecule has 0 fully saturated rings. The van der Waals surface area contributed by atoms with E-state index in [0.717, 1.165) is 29.7 Å². The van der Waals surface area contributed by atoms with Crippen molar-refractivity contribution in [3.8, 4) is 0 Å². The topological polar surface area (TPSA) is 29.9 Å². The predicted octanol–water partition coefficient (Wildman–Crippen LogP) is 4.50. The highest BCUT2D eigenvalue weighted by Gasteiger charge is 2.16. The van der Waals surface area contributed by atoms with Gasteiger partial charge in [-0.1, -0.05) is 19.1 Å². The molecule has 1 aromatic heterocycles. The monoisotopic (exact) mass is 367 g/mol. The van der Waals surface area contributed by atoms with Gasteiger partial charge in [-0.3, -0.25) is 4.68 Å². The summed E-state index contributed by atoms with van der Waals surface area (Å²) in [6.07, 6.45) is 3.03. The van der Waals surface area contributed by atoms with E-state index in [1.807, 2.05) is 24.0 Å². The van der Waals surface area contributed by atoms with Gasteiger partial charge in [0, 0.05) is 27.9 Å². The lowest BCUT2D eigenvalue weighted by molar-refractivity contribution is 0.514. The van der Waals surface area contributed by atoms with Crippen LogP contribution in [0.1, 0.15) is 32.0 Å². The molecule has 114 valence electrons. The van der Waals surface area contributed by atoms with E-state index < -0.39 is 0 Å². The Labute approximate surface area is 139 Å². The Hall–Kier alpha value is -0.780. The Morgan fingerprint density at radius 3 is 2.81 bits per heavy atom. The van der Waals surface area contributed by atoms with Crippen LogP contribution in [0, 0.1) is 0 Å². The molecule has 3 nitrogen and oxygen atoms in total. The van der Waals surface area contributed by atoms with Crippen molar-refractivity contribution < 1.29 is 0 Å². The zero-order valence-corrected chi connectivity index (χ0v) is 15.0. The largest absolute Gasteiger partial charge is 0.308 e. The fraction of sp³-hybridized carbons (Fsp3) is 0.438. The Balaban J connectivity index is 2.08. The molecule has 5 heteroatoms. The first-order valence-corrected chi connectivity index (χ1v) is 9.16. The third-order valence-corrected chi connectivity index (χ3v) is 5.41. The maximum Gasteiger partial charge on any atom is 0.0587 e. The molecule has 1 unspecified atom stereocenters.